The van der Waals surface area contributed by atoms with Crippen molar-refractivity contribution in [1.29, 1.82) is 0 Å². The van der Waals surface area contributed by atoms with E-state index in [0.717, 1.165) is 4.90 Å². The maximum atomic E-state index is 13.7. The molecule has 0 aliphatic carbocycles. The van der Waals surface area contributed by atoms with E-state index >= 15 is 0 Å². The van der Waals surface area contributed by atoms with Crippen molar-refractivity contribution in [1.82, 2.24) is 19.8 Å². The van der Waals surface area contributed by atoms with E-state index in [1.807, 2.05) is 13.8 Å². The lowest BCUT2D eigenvalue weighted by atomic mass is 9.81. The summed E-state index contributed by atoms with van der Waals surface area (Å²) in [5.41, 5.74) is -1.14. The molecule has 0 saturated carbocycles. The summed E-state index contributed by atoms with van der Waals surface area (Å²) < 4.78 is 10.7. The molecule has 14 nitrogen and oxygen atoms in total. The molecule has 0 bridgehead atoms. The fraction of sp³-hybridized carbons (Fsp3) is 0.633. The molecule has 240 valence electrons. The van der Waals surface area contributed by atoms with Crippen molar-refractivity contribution in [3.8, 4) is 0 Å². The molecule has 3 rings (SSSR count). The average Bonchev–Trinajstić information content (AvgIpc) is 3.18. The Hall–Kier alpha value is -4.23. The van der Waals surface area contributed by atoms with Gasteiger partial charge in [0.25, 0.3) is 11.8 Å². The van der Waals surface area contributed by atoms with Gasteiger partial charge in [-0.1, -0.05) is 47.5 Å². The molecule has 44 heavy (non-hydrogen) atoms. The number of nitrogens with zero attached hydrogens (tertiary/aromatic N) is 4. The molecule has 2 fully saturated rings. The summed E-state index contributed by atoms with van der Waals surface area (Å²) in [6.07, 6.45) is 1.59. The highest BCUT2D eigenvalue weighted by molar-refractivity contribution is 6.15. The molecule has 0 spiro atoms. The highest BCUT2D eigenvalue weighted by atomic mass is 16.6. The Labute approximate surface area is 255 Å². The monoisotopic (exact) mass is 616 g/mol. The van der Waals surface area contributed by atoms with Crippen LogP contribution in [0.2, 0.25) is 0 Å². The minimum absolute atomic E-state index is 0.0133. The lowest BCUT2D eigenvalue weighted by molar-refractivity contribution is -0.181. The highest BCUT2D eigenvalue weighted by Crippen LogP contribution is 2.37. The Bertz CT molecular complexity index is 1240. The zero-order valence-electron chi connectivity index (χ0n) is 25.7. The molecule has 0 radical (unpaired) electrons. The number of carboxylic acids is 1. The molecule has 3 heterocycles. The lowest BCUT2D eigenvalue weighted by Gasteiger charge is -2.52. The van der Waals surface area contributed by atoms with E-state index in [1.54, 1.807) is 6.07 Å². The van der Waals surface area contributed by atoms with Crippen molar-refractivity contribution in [3.63, 3.8) is 0 Å². The normalized spacial score (nSPS) is 22.4. The quantitative estimate of drug-likeness (QED) is 0.130. The van der Waals surface area contributed by atoms with Crippen LogP contribution in [0.3, 0.4) is 0 Å². The first-order valence-corrected chi connectivity index (χ1v) is 14.9. The molecule has 3 amide bonds. The van der Waals surface area contributed by atoms with Crippen molar-refractivity contribution >= 4 is 41.4 Å². The second-order valence-electron chi connectivity index (χ2n) is 11.9. The average molecular weight is 617 g/mol. The van der Waals surface area contributed by atoms with Gasteiger partial charge in [0.15, 0.2) is 11.8 Å². The van der Waals surface area contributed by atoms with E-state index < -0.39 is 77.2 Å². The fourth-order valence-electron chi connectivity index (χ4n) is 5.14. The summed E-state index contributed by atoms with van der Waals surface area (Å²) in [4.78, 5) is 101. The number of rotatable bonds is 15. The molecule has 2 saturated heterocycles. The number of β-lactam (4-membered cyclic amide) rings is 1. The molecule has 3 unspecified atom stereocenters. The Morgan fingerprint density at radius 2 is 1.39 bits per heavy atom. The van der Waals surface area contributed by atoms with E-state index in [4.69, 9.17) is 9.47 Å². The maximum absolute atomic E-state index is 13.7. The first-order chi connectivity index (χ1) is 20.7. The summed E-state index contributed by atoms with van der Waals surface area (Å²) in [5, 5.41) is 10.0. The molecule has 0 aromatic carbocycles. The van der Waals surface area contributed by atoms with Gasteiger partial charge in [-0.15, -0.1) is 0 Å². The van der Waals surface area contributed by atoms with Crippen LogP contribution in [0, 0.1) is 5.41 Å². The van der Waals surface area contributed by atoms with Crippen LogP contribution in [0.15, 0.2) is 18.5 Å². The number of aryl methyl sites for hydroxylation is 1. The van der Waals surface area contributed by atoms with Crippen molar-refractivity contribution < 1.29 is 48.1 Å². The zero-order chi connectivity index (χ0) is 32.8. The molecule has 2 aliphatic rings. The second-order valence-corrected chi connectivity index (χ2v) is 11.9. The topological polar surface area (TPSA) is 190 Å². The Balaban J connectivity index is 2.00. The van der Waals surface area contributed by atoms with Crippen molar-refractivity contribution in [2.45, 2.75) is 116 Å². The Morgan fingerprint density at radius 1 is 0.886 bits per heavy atom. The third kappa shape index (κ3) is 7.45. The van der Waals surface area contributed by atoms with Gasteiger partial charge < -0.3 is 19.5 Å². The van der Waals surface area contributed by atoms with Crippen LogP contribution in [0.25, 0.3) is 0 Å². The number of carbonyl (C=O) groups is 7. The number of aliphatic carboxylic acids is 1. The molecular weight excluding hydrogens is 576 g/mol. The minimum Gasteiger partial charge on any atom is -0.479 e. The predicted octanol–water partition coefficient (Wildman–Crippen LogP) is 1.63. The lowest BCUT2D eigenvalue weighted by Crippen LogP contribution is -2.76. The third-order valence-corrected chi connectivity index (χ3v) is 7.51. The standard InChI is InChI=1S/C30H40N4O10/c1-6-8-11-19(35)43-23-24(44-20(36)12-9-7-2)28(40)34(27(23)39)21-17(13-14-18-31-15-10-16-32-18)33(26(21)38)22(29(41)42)25(37)30(3,4)5/h10,15-17,21-24H,6-9,11-14H2,1-5H3,(H,41,42)/t17-,21+,22?,23?,24?/m1/s1. The van der Waals surface area contributed by atoms with E-state index in [0.29, 0.717) is 36.4 Å². The molecular formula is C30H40N4O10. The van der Waals surface area contributed by atoms with Gasteiger partial charge in [0, 0.05) is 37.1 Å². The number of aromatic nitrogens is 2. The van der Waals surface area contributed by atoms with Gasteiger partial charge in [0.2, 0.25) is 18.1 Å². The molecule has 5 atom stereocenters. The maximum Gasteiger partial charge on any atom is 0.334 e. The van der Waals surface area contributed by atoms with Crippen molar-refractivity contribution in [2.75, 3.05) is 0 Å². The Kier molecular flexibility index (Phi) is 11.3. The van der Waals surface area contributed by atoms with E-state index in [1.165, 1.54) is 33.2 Å². The van der Waals surface area contributed by atoms with E-state index in [2.05, 4.69) is 9.97 Å². The summed E-state index contributed by atoms with van der Waals surface area (Å²) >= 11 is 0. The van der Waals surface area contributed by atoms with Gasteiger partial charge in [0.1, 0.15) is 11.9 Å². The second kappa shape index (κ2) is 14.5. The zero-order valence-corrected chi connectivity index (χ0v) is 25.7. The first kappa shape index (κ1) is 34.3. The number of likely N-dealkylation sites (tertiary alicyclic amines) is 2. The first-order valence-electron chi connectivity index (χ1n) is 14.9. The number of imide groups is 1. The largest absolute Gasteiger partial charge is 0.479 e. The van der Waals surface area contributed by atoms with Crippen LogP contribution in [0.1, 0.15) is 85.4 Å². The summed E-state index contributed by atoms with van der Waals surface area (Å²) in [6, 6.07) is -2.96. The van der Waals surface area contributed by atoms with Gasteiger partial charge in [-0.25, -0.2) is 14.8 Å². The molecule has 1 aromatic heterocycles. The highest BCUT2D eigenvalue weighted by Gasteiger charge is 2.64. The molecule has 2 aliphatic heterocycles. The number of carboxylic acid groups (broad SMARTS) is 1. The molecule has 1 N–H and O–H groups in total. The number of amides is 3. The van der Waals surface area contributed by atoms with Crippen LogP contribution >= 0.6 is 0 Å². The molecule has 1 aromatic rings. The van der Waals surface area contributed by atoms with Crippen LogP contribution in [0.4, 0.5) is 0 Å². The number of ketones is 1. The smallest absolute Gasteiger partial charge is 0.334 e. The van der Waals surface area contributed by atoms with Crippen LogP contribution in [-0.2, 0) is 49.5 Å². The SMILES string of the molecule is CCCCC(=O)OC1C(=O)N([C@@H]2C(=O)N(C(C(=O)O)C(=O)C(C)(C)C)[C@@H]2CCc2ncccn2)C(=O)C1OC(=O)CCCC. The summed E-state index contributed by atoms with van der Waals surface area (Å²) in [7, 11) is 0. The van der Waals surface area contributed by atoms with Crippen molar-refractivity contribution in [2.24, 2.45) is 5.41 Å². The van der Waals surface area contributed by atoms with Gasteiger partial charge >= 0.3 is 17.9 Å². The molecule has 14 heteroatoms. The number of hydrogen-bond acceptors (Lipinski definition) is 11. The number of hydrogen-bond donors (Lipinski definition) is 1. The van der Waals surface area contributed by atoms with Crippen molar-refractivity contribution in [3.05, 3.63) is 24.3 Å². The van der Waals surface area contributed by atoms with Crippen LogP contribution in [0.5, 0.6) is 0 Å². The third-order valence-electron chi connectivity index (χ3n) is 7.51. The van der Waals surface area contributed by atoms with Gasteiger partial charge in [-0.2, -0.15) is 0 Å². The van der Waals surface area contributed by atoms with Crippen LogP contribution < -0.4 is 0 Å². The van der Waals surface area contributed by atoms with E-state index in [-0.39, 0.29) is 25.7 Å². The number of ether oxygens (including phenoxy) is 2. The number of unbranched alkanes of at least 4 members (excludes halogenated alkanes) is 2. The van der Waals surface area contributed by atoms with Gasteiger partial charge in [0.05, 0.1) is 6.04 Å². The van der Waals surface area contributed by atoms with Crippen LogP contribution in [-0.4, -0.2) is 96.6 Å². The fourth-order valence-corrected chi connectivity index (χ4v) is 5.14. The summed E-state index contributed by atoms with van der Waals surface area (Å²) in [5.74, 6) is -6.62. The number of Topliss-reactive ketones (excluding diaryl/α,β-unsaturated/α-hetero) is 1. The Morgan fingerprint density at radius 3 is 1.82 bits per heavy atom. The summed E-state index contributed by atoms with van der Waals surface area (Å²) in [6.45, 7) is 8.24. The predicted molar refractivity (Wildman–Crippen MR) is 151 cm³/mol. The van der Waals surface area contributed by atoms with Gasteiger partial charge in [-0.3, -0.25) is 33.7 Å². The van der Waals surface area contributed by atoms with Gasteiger partial charge in [-0.05, 0) is 25.3 Å². The number of esters is 2. The number of carbonyl (C=O) groups excluding carboxylic acids is 6. The van der Waals surface area contributed by atoms with E-state index in [9.17, 15) is 38.7 Å². The minimum atomic E-state index is -1.89.